The number of rotatable bonds is 7. The largest absolute Gasteiger partial charge is 0.493 e. The van der Waals surface area contributed by atoms with Crippen LogP contribution in [-0.2, 0) is 11.3 Å². The summed E-state index contributed by atoms with van der Waals surface area (Å²) in [5.74, 6) is 0.644. The third kappa shape index (κ3) is 5.76. The van der Waals surface area contributed by atoms with E-state index in [0.717, 1.165) is 18.4 Å². The Labute approximate surface area is 156 Å². The van der Waals surface area contributed by atoms with Crippen molar-refractivity contribution in [2.24, 2.45) is 5.92 Å². The summed E-state index contributed by atoms with van der Waals surface area (Å²) in [5, 5.41) is 6.45. The fourth-order valence-electron chi connectivity index (χ4n) is 3.98. The summed E-state index contributed by atoms with van der Waals surface area (Å²) in [6.45, 7) is -1.08. The van der Waals surface area contributed by atoms with Gasteiger partial charge in [-0.15, -0.1) is 0 Å². The Morgan fingerprint density at radius 1 is 1.22 bits per heavy atom. The molecule has 8 heteroatoms. The van der Waals surface area contributed by atoms with Gasteiger partial charge in [0.25, 0.3) is 0 Å². The van der Waals surface area contributed by atoms with Gasteiger partial charge >= 0.3 is 6.18 Å². The molecule has 2 aliphatic heterocycles. The van der Waals surface area contributed by atoms with Gasteiger partial charge in [0.2, 0.25) is 5.91 Å². The second-order valence-corrected chi connectivity index (χ2v) is 7.35. The Kier molecular flexibility index (Phi) is 6.14. The van der Waals surface area contributed by atoms with E-state index in [2.05, 4.69) is 10.6 Å². The maximum atomic E-state index is 12.3. The van der Waals surface area contributed by atoms with Crippen molar-refractivity contribution < 1.29 is 27.4 Å². The minimum atomic E-state index is -4.41. The number of ether oxygens (including phenoxy) is 2. The SMILES string of the molecule is COc1cc(CNC(=O)CC2CC3CCC(C2)N3)ccc1OCC(F)(F)F. The highest BCUT2D eigenvalue weighted by atomic mass is 19.4. The van der Waals surface area contributed by atoms with Crippen LogP contribution in [0.25, 0.3) is 0 Å². The second-order valence-electron chi connectivity index (χ2n) is 7.35. The molecule has 2 N–H and O–H groups in total. The van der Waals surface area contributed by atoms with Crippen LogP contribution in [0.2, 0.25) is 0 Å². The molecule has 1 aromatic rings. The number of carbonyl (C=O) groups is 1. The predicted octanol–water partition coefficient (Wildman–Crippen LogP) is 3.17. The first-order chi connectivity index (χ1) is 12.8. The first kappa shape index (κ1) is 19.8. The van der Waals surface area contributed by atoms with E-state index in [9.17, 15) is 18.0 Å². The highest BCUT2D eigenvalue weighted by Gasteiger charge is 2.34. The predicted molar refractivity (Wildman–Crippen MR) is 93.7 cm³/mol. The average Bonchev–Trinajstić information content (AvgIpc) is 2.96. The zero-order valence-electron chi connectivity index (χ0n) is 15.3. The Morgan fingerprint density at radius 2 is 1.93 bits per heavy atom. The third-order valence-electron chi connectivity index (χ3n) is 5.15. The van der Waals surface area contributed by atoms with Gasteiger partial charge in [-0.1, -0.05) is 6.07 Å². The number of methoxy groups -OCH3 is 1. The van der Waals surface area contributed by atoms with Crippen LogP contribution in [0.5, 0.6) is 11.5 Å². The number of carbonyl (C=O) groups excluding carboxylic acids is 1. The van der Waals surface area contributed by atoms with Gasteiger partial charge in [-0.2, -0.15) is 13.2 Å². The number of hydrogen-bond acceptors (Lipinski definition) is 4. The molecule has 1 aromatic carbocycles. The van der Waals surface area contributed by atoms with Gasteiger partial charge in [-0.05, 0) is 49.3 Å². The Balaban J connectivity index is 1.49. The molecule has 2 heterocycles. The molecule has 150 valence electrons. The maximum absolute atomic E-state index is 12.3. The zero-order chi connectivity index (χ0) is 19.4. The molecule has 2 fully saturated rings. The summed E-state index contributed by atoms with van der Waals surface area (Å²) >= 11 is 0. The standard InChI is InChI=1S/C19H25F3N2O3/c1-26-17-8-12(2-5-16(17)27-11-19(20,21)22)10-23-18(25)9-13-6-14-3-4-15(7-13)24-14/h2,5,8,13-15,24H,3-4,6-7,9-11H2,1H3,(H,23,25). The van der Waals surface area contributed by atoms with Crippen LogP contribution in [0.15, 0.2) is 18.2 Å². The average molecular weight is 386 g/mol. The van der Waals surface area contributed by atoms with Crippen molar-refractivity contribution >= 4 is 5.91 Å². The number of piperidine rings is 1. The van der Waals surface area contributed by atoms with Gasteiger partial charge in [-0.3, -0.25) is 4.79 Å². The van der Waals surface area contributed by atoms with Crippen molar-refractivity contribution in [3.8, 4) is 11.5 Å². The second kappa shape index (κ2) is 8.37. The lowest BCUT2D eigenvalue weighted by Gasteiger charge is -2.28. The van der Waals surface area contributed by atoms with E-state index >= 15 is 0 Å². The number of halogens is 3. The monoisotopic (exact) mass is 386 g/mol. The molecule has 2 unspecified atom stereocenters. The van der Waals surface area contributed by atoms with Crippen molar-refractivity contribution in [2.75, 3.05) is 13.7 Å². The summed E-state index contributed by atoms with van der Waals surface area (Å²) < 4.78 is 46.7. The van der Waals surface area contributed by atoms with E-state index in [1.807, 2.05) is 0 Å². The Bertz CT molecular complexity index is 654. The number of nitrogens with one attached hydrogen (secondary N) is 2. The van der Waals surface area contributed by atoms with E-state index in [1.165, 1.54) is 26.0 Å². The molecular formula is C19H25F3N2O3. The van der Waals surface area contributed by atoms with E-state index in [4.69, 9.17) is 9.47 Å². The van der Waals surface area contributed by atoms with Crippen molar-refractivity contribution in [1.29, 1.82) is 0 Å². The van der Waals surface area contributed by atoms with Crippen LogP contribution < -0.4 is 20.1 Å². The minimum absolute atomic E-state index is 0.00216. The van der Waals surface area contributed by atoms with Gasteiger partial charge in [0, 0.05) is 25.0 Å². The van der Waals surface area contributed by atoms with E-state index < -0.39 is 12.8 Å². The van der Waals surface area contributed by atoms with Crippen LogP contribution in [0.4, 0.5) is 13.2 Å². The minimum Gasteiger partial charge on any atom is -0.493 e. The Morgan fingerprint density at radius 3 is 2.56 bits per heavy atom. The van der Waals surface area contributed by atoms with E-state index in [0.29, 0.717) is 31.0 Å². The summed E-state index contributed by atoms with van der Waals surface area (Å²) in [5.41, 5.74) is 0.741. The summed E-state index contributed by atoms with van der Waals surface area (Å²) in [4.78, 5) is 12.2. The van der Waals surface area contributed by atoms with Crippen molar-refractivity contribution in [3.05, 3.63) is 23.8 Å². The molecule has 0 aliphatic carbocycles. The highest BCUT2D eigenvalue weighted by molar-refractivity contribution is 5.76. The number of alkyl halides is 3. The lowest BCUT2D eigenvalue weighted by atomic mass is 9.89. The number of fused-ring (bicyclic) bond motifs is 2. The molecule has 2 saturated heterocycles. The van der Waals surface area contributed by atoms with Gasteiger partial charge < -0.3 is 20.1 Å². The molecule has 0 radical (unpaired) electrons. The van der Waals surface area contributed by atoms with Crippen LogP contribution in [0.1, 0.15) is 37.7 Å². The lowest BCUT2D eigenvalue weighted by molar-refractivity contribution is -0.153. The highest BCUT2D eigenvalue weighted by Crippen LogP contribution is 2.33. The van der Waals surface area contributed by atoms with Gasteiger partial charge in [0.1, 0.15) is 0 Å². The molecule has 3 rings (SSSR count). The molecular weight excluding hydrogens is 361 g/mol. The topological polar surface area (TPSA) is 59.6 Å². The number of hydrogen-bond donors (Lipinski definition) is 2. The van der Waals surface area contributed by atoms with Crippen LogP contribution in [0, 0.1) is 5.92 Å². The van der Waals surface area contributed by atoms with Crippen LogP contribution >= 0.6 is 0 Å². The fraction of sp³-hybridized carbons (Fsp3) is 0.632. The molecule has 27 heavy (non-hydrogen) atoms. The van der Waals surface area contributed by atoms with E-state index in [1.54, 1.807) is 12.1 Å². The maximum Gasteiger partial charge on any atom is 0.422 e. The van der Waals surface area contributed by atoms with Crippen LogP contribution in [-0.4, -0.2) is 37.9 Å². The summed E-state index contributed by atoms with van der Waals surface area (Å²) in [6, 6.07) is 5.73. The quantitative estimate of drug-likeness (QED) is 0.756. The molecule has 1 amide bonds. The first-order valence-corrected chi connectivity index (χ1v) is 9.21. The molecule has 0 aromatic heterocycles. The first-order valence-electron chi connectivity index (χ1n) is 9.21. The Hall–Kier alpha value is -1.96. The number of benzene rings is 1. The molecule has 0 spiro atoms. The lowest BCUT2D eigenvalue weighted by Crippen LogP contribution is -2.39. The molecule has 2 bridgehead atoms. The normalized spacial score (nSPS) is 24.5. The summed E-state index contributed by atoms with van der Waals surface area (Å²) in [6.07, 6.45) is 0.590. The van der Waals surface area contributed by atoms with Crippen molar-refractivity contribution in [2.45, 2.75) is 56.9 Å². The molecule has 2 atom stereocenters. The molecule has 2 aliphatic rings. The van der Waals surface area contributed by atoms with Crippen molar-refractivity contribution in [3.63, 3.8) is 0 Å². The molecule has 5 nitrogen and oxygen atoms in total. The smallest absolute Gasteiger partial charge is 0.422 e. The van der Waals surface area contributed by atoms with Crippen LogP contribution in [0.3, 0.4) is 0 Å². The molecule has 0 saturated carbocycles. The van der Waals surface area contributed by atoms with Gasteiger partial charge in [0.15, 0.2) is 18.1 Å². The van der Waals surface area contributed by atoms with E-state index in [-0.39, 0.29) is 17.4 Å². The van der Waals surface area contributed by atoms with Gasteiger partial charge in [0.05, 0.1) is 7.11 Å². The number of amides is 1. The zero-order valence-corrected chi connectivity index (χ0v) is 15.3. The summed E-state index contributed by atoms with van der Waals surface area (Å²) in [7, 11) is 1.36. The van der Waals surface area contributed by atoms with Crippen molar-refractivity contribution in [1.82, 2.24) is 10.6 Å². The van der Waals surface area contributed by atoms with Gasteiger partial charge in [-0.25, -0.2) is 0 Å². The third-order valence-corrected chi connectivity index (χ3v) is 5.15. The fourth-order valence-corrected chi connectivity index (χ4v) is 3.98.